The number of nitriles is 1. The van der Waals surface area contributed by atoms with Crippen LogP contribution in [-0.4, -0.2) is 54.8 Å². The van der Waals surface area contributed by atoms with Crippen LogP contribution in [0.2, 0.25) is 0 Å². The second-order valence-electron chi connectivity index (χ2n) is 12.6. The Morgan fingerprint density at radius 1 is 0.820 bits per heavy atom. The van der Waals surface area contributed by atoms with Gasteiger partial charge in [0.05, 0.1) is 29.8 Å². The highest BCUT2D eigenvalue weighted by molar-refractivity contribution is 6.02. The third kappa shape index (κ3) is 11.0. The van der Waals surface area contributed by atoms with Gasteiger partial charge in [-0.25, -0.2) is 0 Å². The third-order valence-electron chi connectivity index (χ3n) is 8.23. The summed E-state index contributed by atoms with van der Waals surface area (Å²) in [6, 6.07) is 19.9. The molecule has 5 N–H and O–H groups in total. The average Bonchev–Trinajstić information content (AvgIpc) is 3.11. The molecule has 0 radical (unpaired) electrons. The number of aryl methyl sites for hydroxylation is 1. The summed E-state index contributed by atoms with van der Waals surface area (Å²) in [7, 11) is 0. The molecule has 0 aliphatic rings. The van der Waals surface area contributed by atoms with Crippen LogP contribution in [0, 0.1) is 36.0 Å². The lowest BCUT2D eigenvalue weighted by atomic mass is 9.94. The fourth-order valence-electron chi connectivity index (χ4n) is 5.32. The van der Waals surface area contributed by atoms with Gasteiger partial charge in [0.25, 0.3) is 11.8 Å². The lowest BCUT2D eigenvalue weighted by Gasteiger charge is -2.25. The summed E-state index contributed by atoms with van der Waals surface area (Å²) >= 11 is 0. The molecule has 0 bridgehead atoms. The van der Waals surface area contributed by atoms with Crippen molar-refractivity contribution < 1.29 is 19.2 Å². The fourth-order valence-corrected chi connectivity index (χ4v) is 5.32. The first-order valence-electron chi connectivity index (χ1n) is 16.9. The number of nitrogens with one attached hydrogen (secondary N) is 5. The normalized spacial score (nSPS) is 13.0. The van der Waals surface area contributed by atoms with E-state index in [1.165, 1.54) is 6.07 Å². The van der Waals surface area contributed by atoms with Gasteiger partial charge in [-0.15, -0.1) is 11.8 Å². The van der Waals surface area contributed by atoms with Crippen LogP contribution in [0.4, 0.5) is 0 Å². The van der Waals surface area contributed by atoms with Crippen molar-refractivity contribution in [3.8, 4) is 29.0 Å². The van der Waals surface area contributed by atoms with Crippen molar-refractivity contribution in [2.24, 2.45) is 5.92 Å². The maximum atomic E-state index is 13.9. The molecule has 10 heteroatoms. The molecule has 0 aliphatic carbocycles. The van der Waals surface area contributed by atoms with Crippen molar-refractivity contribution in [2.75, 3.05) is 13.1 Å². The number of likely N-dealkylation sites (N-methyl/N-ethyl adjacent to an activating group) is 1. The van der Waals surface area contributed by atoms with Crippen LogP contribution in [0.1, 0.15) is 91.4 Å². The van der Waals surface area contributed by atoms with E-state index < -0.39 is 24.0 Å². The van der Waals surface area contributed by atoms with Crippen molar-refractivity contribution in [3.63, 3.8) is 0 Å². The molecule has 0 aliphatic heterocycles. The summed E-state index contributed by atoms with van der Waals surface area (Å²) < 4.78 is 0. The Kier molecular flexibility index (Phi) is 14.8. The largest absolute Gasteiger partial charge is 0.355 e. The summed E-state index contributed by atoms with van der Waals surface area (Å²) in [5.41, 5.74) is 3.92. The molecule has 0 saturated heterocycles. The van der Waals surface area contributed by atoms with Gasteiger partial charge in [0.1, 0.15) is 6.04 Å². The molecule has 0 saturated carbocycles. The number of carbonyl (C=O) groups excluding carboxylic acids is 4. The van der Waals surface area contributed by atoms with E-state index in [4.69, 9.17) is 0 Å². The van der Waals surface area contributed by atoms with Crippen molar-refractivity contribution >= 4 is 23.6 Å². The van der Waals surface area contributed by atoms with E-state index in [9.17, 15) is 24.4 Å². The lowest BCUT2D eigenvalue weighted by Crippen LogP contribution is -2.55. The average molecular weight is 677 g/mol. The Balaban J connectivity index is 1.88. The molecule has 50 heavy (non-hydrogen) atoms. The minimum absolute atomic E-state index is 0.113. The van der Waals surface area contributed by atoms with Gasteiger partial charge in [0.15, 0.2) is 0 Å². The molecule has 0 aromatic heterocycles. The molecular weight excluding hydrogens is 628 g/mol. The van der Waals surface area contributed by atoms with Gasteiger partial charge in [0, 0.05) is 30.6 Å². The third-order valence-corrected chi connectivity index (χ3v) is 8.23. The number of hydrogen-bond acceptors (Lipinski definition) is 6. The summed E-state index contributed by atoms with van der Waals surface area (Å²) in [6.07, 6.45) is 0.301. The first-order valence-corrected chi connectivity index (χ1v) is 16.9. The zero-order valence-electron chi connectivity index (χ0n) is 29.9. The molecule has 3 aromatic carbocycles. The molecule has 0 fully saturated rings. The van der Waals surface area contributed by atoms with Crippen molar-refractivity contribution in [1.82, 2.24) is 26.6 Å². The van der Waals surface area contributed by atoms with Crippen molar-refractivity contribution in [3.05, 3.63) is 94.5 Å². The molecule has 4 atom stereocenters. The number of rotatable bonds is 15. The smallest absolute Gasteiger partial charge is 0.251 e. The van der Waals surface area contributed by atoms with E-state index in [1.54, 1.807) is 32.0 Å². The summed E-state index contributed by atoms with van der Waals surface area (Å²) in [4.78, 5) is 53.0. The summed E-state index contributed by atoms with van der Waals surface area (Å²) in [5.74, 6) is 4.33. The van der Waals surface area contributed by atoms with Gasteiger partial charge in [-0.3, -0.25) is 19.2 Å². The minimum Gasteiger partial charge on any atom is -0.355 e. The molecule has 10 nitrogen and oxygen atoms in total. The maximum Gasteiger partial charge on any atom is 0.251 e. The van der Waals surface area contributed by atoms with E-state index >= 15 is 0 Å². The van der Waals surface area contributed by atoms with Gasteiger partial charge < -0.3 is 26.6 Å². The Hall–Kier alpha value is -5.45. The molecule has 0 spiro atoms. The van der Waals surface area contributed by atoms with Gasteiger partial charge >= 0.3 is 0 Å². The molecule has 0 heterocycles. The lowest BCUT2D eigenvalue weighted by molar-refractivity contribution is -0.130. The quantitative estimate of drug-likeness (QED) is 0.146. The Morgan fingerprint density at radius 2 is 1.48 bits per heavy atom. The van der Waals surface area contributed by atoms with E-state index in [0.29, 0.717) is 29.7 Å². The standard InChI is InChI=1S/C40H48N6O4/c1-8-10-16-34(24-43-28(7)37(47)46-36(25(3)4)40(50)42-9-2)45-39(49)33-21-31(35-19-26(5)17-18-30(35)23-41)20-32(22-33)38(48)44-27(6)29-14-12-11-13-15-29/h11-15,17-22,25,27-28,34,36,43H,9,16,24H2,1-7H3,(H,42,50)(H,44,48)(H,45,49)(H,46,47)/t27-,28+,34?,36+/m1/s1. The van der Waals surface area contributed by atoms with E-state index in [2.05, 4.69) is 44.5 Å². The Morgan fingerprint density at radius 3 is 2.08 bits per heavy atom. The van der Waals surface area contributed by atoms with E-state index in [0.717, 1.165) is 11.1 Å². The second-order valence-corrected chi connectivity index (χ2v) is 12.6. The number of amides is 4. The first-order chi connectivity index (χ1) is 23.9. The zero-order valence-corrected chi connectivity index (χ0v) is 29.9. The molecule has 4 amide bonds. The second kappa shape index (κ2) is 18.9. The van der Waals surface area contributed by atoms with Crippen molar-refractivity contribution in [2.45, 2.75) is 79.1 Å². The molecule has 3 aromatic rings. The first kappa shape index (κ1) is 39.0. The highest BCUT2D eigenvalue weighted by Crippen LogP contribution is 2.28. The molecular formula is C40H48N6O4. The van der Waals surface area contributed by atoms with E-state index in [-0.39, 0.29) is 47.4 Å². The SMILES string of the molecule is CC#CCC(CN[C@@H](C)C(=O)N[C@H](C(=O)NCC)C(C)C)NC(=O)c1cc(C(=O)N[C@H](C)c2ccccc2)cc(-c2cc(C)ccc2C#N)c1. The zero-order chi connectivity index (χ0) is 36.8. The molecule has 3 rings (SSSR count). The number of carbonyl (C=O) groups is 4. The maximum absolute atomic E-state index is 13.9. The van der Waals surface area contributed by atoms with Crippen LogP contribution < -0.4 is 26.6 Å². The van der Waals surface area contributed by atoms with Gasteiger partial charge in [-0.05, 0) is 81.5 Å². The topological polar surface area (TPSA) is 152 Å². The molecule has 262 valence electrons. The van der Waals surface area contributed by atoms with Crippen molar-refractivity contribution in [1.29, 1.82) is 5.26 Å². The number of hydrogen-bond donors (Lipinski definition) is 5. The van der Waals surface area contributed by atoms with Crippen LogP contribution >= 0.6 is 0 Å². The molecule has 1 unspecified atom stereocenters. The van der Waals surface area contributed by atoms with Crippen LogP contribution in [-0.2, 0) is 9.59 Å². The summed E-state index contributed by atoms with van der Waals surface area (Å²) in [6.45, 7) is 13.4. The van der Waals surface area contributed by atoms with Gasteiger partial charge in [-0.1, -0.05) is 61.9 Å². The summed E-state index contributed by atoms with van der Waals surface area (Å²) in [5, 5.41) is 24.6. The van der Waals surface area contributed by atoms with Gasteiger partial charge in [0.2, 0.25) is 11.8 Å². The Bertz CT molecular complexity index is 1770. The van der Waals surface area contributed by atoms with Crippen LogP contribution in [0.15, 0.2) is 66.7 Å². The number of nitrogens with zero attached hydrogens (tertiary/aromatic N) is 1. The minimum atomic E-state index is -0.683. The highest BCUT2D eigenvalue weighted by atomic mass is 16.2. The predicted octanol–water partition coefficient (Wildman–Crippen LogP) is 4.79. The highest BCUT2D eigenvalue weighted by Gasteiger charge is 2.26. The Labute approximate surface area is 295 Å². The van der Waals surface area contributed by atoms with Crippen LogP contribution in [0.5, 0.6) is 0 Å². The predicted molar refractivity (Wildman–Crippen MR) is 196 cm³/mol. The van der Waals surface area contributed by atoms with Gasteiger partial charge in [-0.2, -0.15) is 5.26 Å². The number of benzene rings is 3. The monoisotopic (exact) mass is 676 g/mol. The fraction of sp³-hybridized carbons (Fsp3) is 0.375. The van der Waals surface area contributed by atoms with Crippen LogP contribution in [0.3, 0.4) is 0 Å². The van der Waals surface area contributed by atoms with E-state index in [1.807, 2.05) is 77.1 Å². The van der Waals surface area contributed by atoms with Crippen LogP contribution in [0.25, 0.3) is 11.1 Å².